The fourth-order valence-electron chi connectivity index (χ4n) is 2.38. The summed E-state index contributed by atoms with van der Waals surface area (Å²) >= 11 is 0. The normalized spacial score (nSPS) is 23.1. The average Bonchev–Trinajstić information content (AvgIpc) is 2.36. The SMILES string of the molecule is O=C(Cc1ccc(F)cc1F)N[C@@H]1CCCC[C@H]1O. The molecule has 1 aromatic carbocycles. The quantitative estimate of drug-likeness (QED) is 0.881. The van der Waals surface area contributed by atoms with Crippen molar-refractivity contribution in [2.24, 2.45) is 0 Å². The zero-order chi connectivity index (χ0) is 13.8. The predicted molar refractivity (Wildman–Crippen MR) is 66.5 cm³/mol. The highest BCUT2D eigenvalue weighted by molar-refractivity contribution is 5.79. The van der Waals surface area contributed by atoms with Gasteiger partial charge in [-0.3, -0.25) is 4.79 Å². The molecule has 1 aromatic rings. The van der Waals surface area contributed by atoms with Gasteiger partial charge in [-0.1, -0.05) is 18.9 Å². The van der Waals surface area contributed by atoms with Crippen LogP contribution in [0.1, 0.15) is 31.2 Å². The van der Waals surface area contributed by atoms with Crippen LogP contribution in [0.15, 0.2) is 18.2 Å². The second kappa shape index (κ2) is 6.10. The summed E-state index contributed by atoms with van der Waals surface area (Å²) in [5.41, 5.74) is 0.157. The van der Waals surface area contributed by atoms with Gasteiger partial charge in [0.15, 0.2) is 0 Å². The molecule has 0 aliphatic heterocycles. The molecule has 0 unspecified atom stereocenters. The Balaban J connectivity index is 1.93. The maximum absolute atomic E-state index is 13.4. The molecule has 1 aliphatic rings. The summed E-state index contributed by atoms with van der Waals surface area (Å²) in [6.45, 7) is 0. The molecule has 5 heteroatoms. The monoisotopic (exact) mass is 269 g/mol. The zero-order valence-electron chi connectivity index (χ0n) is 10.5. The summed E-state index contributed by atoms with van der Waals surface area (Å²) in [6.07, 6.45) is 2.66. The zero-order valence-corrected chi connectivity index (χ0v) is 10.5. The number of carbonyl (C=O) groups is 1. The molecule has 1 aliphatic carbocycles. The Bertz CT molecular complexity index is 465. The third-order valence-electron chi connectivity index (χ3n) is 3.44. The van der Waals surface area contributed by atoms with E-state index in [-0.39, 0.29) is 23.9 Å². The van der Waals surface area contributed by atoms with Crippen molar-refractivity contribution in [2.75, 3.05) is 0 Å². The van der Waals surface area contributed by atoms with E-state index in [0.29, 0.717) is 6.42 Å². The summed E-state index contributed by atoms with van der Waals surface area (Å²) in [5, 5.41) is 12.4. The Morgan fingerprint density at radius 1 is 1.32 bits per heavy atom. The summed E-state index contributed by atoms with van der Waals surface area (Å²) in [6, 6.07) is 2.89. The third kappa shape index (κ3) is 3.73. The molecule has 0 aromatic heterocycles. The lowest BCUT2D eigenvalue weighted by Gasteiger charge is -2.28. The molecule has 0 radical (unpaired) electrons. The van der Waals surface area contributed by atoms with Gasteiger partial charge in [-0.15, -0.1) is 0 Å². The number of hydrogen-bond donors (Lipinski definition) is 2. The van der Waals surface area contributed by atoms with Crippen molar-refractivity contribution in [3.63, 3.8) is 0 Å². The van der Waals surface area contributed by atoms with Crippen molar-refractivity contribution < 1.29 is 18.7 Å². The Labute approximate surface area is 110 Å². The van der Waals surface area contributed by atoms with Crippen LogP contribution in [-0.4, -0.2) is 23.2 Å². The Morgan fingerprint density at radius 3 is 2.74 bits per heavy atom. The first-order chi connectivity index (χ1) is 9.06. The molecule has 2 rings (SSSR count). The van der Waals surface area contributed by atoms with Crippen LogP contribution in [-0.2, 0) is 11.2 Å². The Hall–Kier alpha value is -1.49. The average molecular weight is 269 g/mol. The molecule has 1 saturated carbocycles. The van der Waals surface area contributed by atoms with Gasteiger partial charge in [0.05, 0.1) is 18.6 Å². The summed E-state index contributed by atoms with van der Waals surface area (Å²) in [5.74, 6) is -1.74. The number of hydrogen-bond acceptors (Lipinski definition) is 2. The minimum absolute atomic E-state index is 0.144. The number of halogens is 2. The van der Waals surface area contributed by atoms with Gasteiger partial charge >= 0.3 is 0 Å². The van der Waals surface area contributed by atoms with Crippen molar-refractivity contribution in [2.45, 2.75) is 44.2 Å². The first-order valence-corrected chi connectivity index (χ1v) is 6.47. The van der Waals surface area contributed by atoms with Crippen LogP contribution in [0.4, 0.5) is 8.78 Å². The highest BCUT2D eigenvalue weighted by Gasteiger charge is 2.24. The van der Waals surface area contributed by atoms with Crippen LogP contribution < -0.4 is 5.32 Å². The molecule has 19 heavy (non-hydrogen) atoms. The van der Waals surface area contributed by atoms with Gasteiger partial charge < -0.3 is 10.4 Å². The second-order valence-electron chi connectivity index (χ2n) is 4.94. The molecule has 2 N–H and O–H groups in total. The van der Waals surface area contributed by atoms with E-state index in [4.69, 9.17) is 0 Å². The Morgan fingerprint density at radius 2 is 2.05 bits per heavy atom. The van der Waals surface area contributed by atoms with Gasteiger partial charge in [-0.25, -0.2) is 8.78 Å². The van der Waals surface area contributed by atoms with E-state index in [0.717, 1.165) is 31.4 Å². The van der Waals surface area contributed by atoms with Crippen molar-refractivity contribution in [1.29, 1.82) is 0 Å². The molecular formula is C14H17F2NO2. The first kappa shape index (κ1) is 13.9. The summed E-state index contributed by atoms with van der Waals surface area (Å²) in [4.78, 5) is 11.8. The molecule has 3 nitrogen and oxygen atoms in total. The van der Waals surface area contributed by atoms with Crippen LogP contribution in [0.25, 0.3) is 0 Å². The van der Waals surface area contributed by atoms with Gasteiger partial charge in [0.1, 0.15) is 11.6 Å². The van der Waals surface area contributed by atoms with E-state index in [1.54, 1.807) is 0 Å². The van der Waals surface area contributed by atoms with E-state index in [2.05, 4.69) is 5.32 Å². The number of benzene rings is 1. The van der Waals surface area contributed by atoms with Gasteiger partial charge in [0.2, 0.25) is 5.91 Å². The number of carbonyl (C=O) groups excluding carboxylic acids is 1. The molecule has 1 amide bonds. The summed E-state index contributed by atoms with van der Waals surface area (Å²) in [7, 11) is 0. The van der Waals surface area contributed by atoms with E-state index in [9.17, 15) is 18.7 Å². The van der Waals surface area contributed by atoms with Crippen molar-refractivity contribution in [3.8, 4) is 0 Å². The smallest absolute Gasteiger partial charge is 0.224 e. The lowest BCUT2D eigenvalue weighted by molar-refractivity contribution is -0.122. The van der Waals surface area contributed by atoms with E-state index < -0.39 is 17.7 Å². The Kier molecular flexibility index (Phi) is 4.47. The van der Waals surface area contributed by atoms with Gasteiger partial charge in [-0.2, -0.15) is 0 Å². The molecule has 0 saturated heterocycles. The van der Waals surface area contributed by atoms with Crippen LogP contribution in [0.5, 0.6) is 0 Å². The highest BCUT2D eigenvalue weighted by Crippen LogP contribution is 2.18. The summed E-state index contributed by atoms with van der Waals surface area (Å²) < 4.78 is 26.1. The third-order valence-corrected chi connectivity index (χ3v) is 3.44. The second-order valence-corrected chi connectivity index (χ2v) is 4.94. The van der Waals surface area contributed by atoms with Crippen LogP contribution in [0, 0.1) is 11.6 Å². The number of rotatable bonds is 3. The van der Waals surface area contributed by atoms with Crippen LogP contribution in [0.2, 0.25) is 0 Å². The minimum Gasteiger partial charge on any atom is -0.391 e. The van der Waals surface area contributed by atoms with Crippen molar-refractivity contribution >= 4 is 5.91 Å². The number of nitrogens with one attached hydrogen (secondary N) is 1. The van der Waals surface area contributed by atoms with Gasteiger partial charge in [0, 0.05) is 6.07 Å². The maximum atomic E-state index is 13.4. The number of aliphatic hydroxyl groups excluding tert-OH is 1. The van der Waals surface area contributed by atoms with Gasteiger partial charge in [-0.05, 0) is 24.5 Å². The molecule has 0 heterocycles. The molecule has 0 bridgehead atoms. The highest BCUT2D eigenvalue weighted by atomic mass is 19.1. The number of amides is 1. The maximum Gasteiger partial charge on any atom is 0.224 e. The van der Waals surface area contributed by atoms with Crippen LogP contribution in [0.3, 0.4) is 0 Å². The largest absolute Gasteiger partial charge is 0.391 e. The van der Waals surface area contributed by atoms with Gasteiger partial charge in [0.25, 0.3) is 0 Å². The van der Waals surface area contributed by atoms with Crippen LogP contribution >= 0.6 is 0 Å². The number of aliphatic hydroxyl groups is 1. The molecular weight excluding hydrogens is 252 g/mol. The molecule has 104 valence electrons. The van der Waals surface area contributed by atoms with E-state index in [1.807, 2.05) is 0 Å². The fourth-order valence-corrected chi connectivity index (χ4v) is 2.38. The fraction of sp³-hybridized carbons (Fsp3) is 0.500. The van der Waals surface area contributed by atoms with Crippen molar-refractivity contribution in [1.82, 2.24) is 5.32 Å². The standard InChI is InChI=1S/C14H17F2NO2/c15-10-6-5-9(11(16)8-10)7-14(19)17-12-3-1-2-4-13(12)18/h5-6,8,12-13,18H,1-4,7H2,(H,17,19)/t12-,13-/m1/s1. The van der Waals surface area contributed by atoms with Crippen molar-refractivity contribution in [3.05, 3.63) is 35.4 Å². The minimum atomic E-state index is -0.723. The molecule has 2 atom stereocenters. The lowest BCUT2D eigenvalue weighted by atomic mass is 9.92. The van der Waals surface area contributed by atoms with E-state index in [1.165, 1.54) is 6.07 Å². The lowest BCUT2D eigenvalue weighted by Crippen LogP contribution is -2.45. The predicted octanol–water partition coefficient (Wildman–Crippen LogP) is 1.93. The molecule has 1 fully saturated rings. The van der Waals surface area contributed by atoms with E-state index >= 15 is 0 Å². The topological polar surface area (TPSA) is 49.3 Å². The first-order valence-electron chi connectivity index (χ1n) is 6.47. The molecule has 0 spiro atoms.